The summed E-state index contributed by atoms with van der Waals surface area (Å²) in [6.45, 7) is 2.82. The van der Waals surface area contributed by atoms with Gasteiger partial charge in [-0.1, -0.05) is 37.3 Å². The van der Waals surface area contributed by atoms with E-state index in [4.69, 9.17) is 21.1 Å². The number of rotatable bonds is 7. The lowest BCUT2D eigenvalue weighted by molar-refractivity contribution is 0.317. The molecule has 2 aromatic rings. The fourth-order valence-electron chi connectivity index (χ4n) is 2.20. The second-order valence-electron chi connectivity index (χ2n) is 4.90. The van der Waals surface area contributed by atoms with Gasteiger partial charge in [-0.2, -0.15) is 0 Å². The van der Waals surface area contributed by atoms with Crippen molar-refractivity contribution in [1.82, 2.24) is 0 Å². The van der Waals surface area contributed by atoms with E-state index in [1.165, 1.54) is 0 Å². The molecule has 2 aromatic carbocycles. The predicted molar refractivity (Wildman–Crippen MR) is 87.5 cm³/mol. The van der Waals surface area contributed by atoms with Crippen molar-refractivity contribution in [3.8, 4) is 11.5 Å². The smallest absolute Gasteiger partial charge is 0.122 e. The van der Waals surface area contributed by atoms with Gasteiger partial charge in [-0.25, -0.2) is 0 Å². The Morgan fingerprint density at radius 1 is 1.10 bits per heavy atom. The number of hydrogen-bond donors (Lipinski definition) is 0. The molecule has 0 saturated carbocycles. The highest BCUT2D eigenvalue weighted by atomic mass is 35.5. The molecule has 1 unspecified atom stereocenters. The van der Waals surface area contributed by atoms with Gasteiger partial charge in [0.25, 0.3) is 0 Å². The third-order valence-electron chi connectivity index (χ3n) is 3.28. The largest absolute Gasteiger partial charge is 0.496 e. The molecule has 0 spiro atoms. The average Bonchev–Trinajstić information content (AvgIpc) is 2.53. The van der Waals surface area contributed by atoms with Crippen molar-refractivity contribution < 1.29 is 9.47 Å². The Morgan fingerprint density at radius 3 is 2.67 bits per heavy atom. The lowest BCUT2D eigenvalue weighted by Crippen LogP contribution is -2.00. The van der Waals surface area contributed by atoms with E-state index >= 15 is 0 Å². The van der Waals surface area contributed by atoms with Crippen LogP contribution in [0.3, 0.4) is 0 Å². The van der Waals surface area contributed by atoms with Gasteiger partial charge in [0.1, 0.15) is 11.5 Å². The summed E-state index contributed by atoms with van der Waals surface area (Å²) in [5.41, 5.74) is 2.18. The Balaban J connectivity index is 2.10. The third kappa shape index (κ3) is 4.40. The van der Waals surface area contributed by atoms with Gasteiger partial charge in [0, 0.05) is 0 Å². The summed E-state index contributed by atoms with van der Waals surface area (Å²) >= 11 is 6.56. The highest BCUT2D eigenvalue weighted by Gasteiger charge is 2.12. The van der Waals surface area contributed by atoms with Crippen LogP contribution in [-0.4, -0.2) is 13.7 Å². The summed E-state index contributed by atoms with van der Waals surface area (Å²) in [5, 5.41) is -0.105. The highest BCUT2D eigenvalue weighted by molar-refractivity contribution is 6.21. The van der Waals surface area contributed by atoms with Gasteiger partial charge in [0.15, 0.2) is 0 Å². The van der Waals surface area contributed by atoms with E-state index in [0.29, 0.717) is 0 Å². The number of benzene rings is 2. The minimum atomic E-state index is -0.105. The molecule has 0 radical (unpaired) electrons. The van der Waals surface area contributed by atoms with E-state index in [1.807, 2.05) is 48.5 Å². The second kappa shape index (κ2) is 7.94. The number of ether oxygens (including phenoxy) is 2. The monoisotopic (exact) mass is 304 g/mol. The molecule has 112 valence electrons. The standard InChI is InChI=1S/C18H21ClO2/c1-3-11-21-16-9-6-8-14(12-16)17(19)13-15-7-4-5-10-18(15)20-2/h4-10,12,17H,3,11,13H2,1-2H3. The quantitative estimate of drug-likeness (QED) is 0.670. The van der Waals surface area contributed by atoms with Crippen molar-refractivity contribution in [2.45, 2.75) is 25.1 Å². The van der Waals surface area contributed by atoms with Crippen molar-refractivity contribution in [3.05, 3.63) is 59.7 Å². The fourth-order valence-corrected chi connectivity index (χ4v) is 2.50. The van der Waals surface area contributed by atoms with Crippen LogP contribution in [0.2, 0.25) is 0 Å². The predicted octanol–water partition coefficient (Wildman–Crippen LogP) is 5.01. The molecule has 21 heavy (non-hydrogen) atoms. The maximum Gasteiger partial charge on any atom is 0.122 e. The summed E-state index contributed by atoms with van der Waals surface area (Å²) < 4.78 is 11.0. The van der Waals surface area contributed by atoms with E-state index in [9.17, 15) is 0 Å². The minimum absolute atomic E-state index is 0.105. The second-order valence-corrected chi connectivity index (χ2v) is 5.43. The summed E-state index contributed by atoms with van der Waals surface area (Å²) in [6.07, 6.45) is 1.72. The molecule has 0 aromatic heterocycles. The zero-order valence-corrected chi connectivity index (χ0v) is 13.3. The first-order valence-electron chi connectivity index (χ1n) is 7.23. The molecule has 0 aliphatic carbocycles. The Labute approximate surface area is 131 Å². The average molecular weight is 305 g/mol. The van der Waals surface area contributed by atoms with Crippen molar-refractivity contribution in [1.29, 1.82) is 0 Å². The van der Waals surface area contributed by atoms with Crippen molar-refractivity contribution >= 4 is 11.6 Å². The third-order valence-corrected chi connectivity index (χ3v) is 3.69. The van der Waals surface area contributed by atoms with Gasteiger partial charge in [0.05, 0.1) is 19.1 Å². The van der Waals surface area contributed by atoms with E-state index in [0.717, 1.165) is 42.1 Å². The molecular weight excluding hydrogens is 284 g/mol. The maximum absolute atomic E-state index is 6.56. The number of methoxy groups -OCH3 is 1. The minimum Gasteiger partial charge on any atom is -0.496 e. The normalized spacial score (nSPS) is 12.0. The zero-order chi connectivity index (χ0) is 15.1. The molecule has 0 fully saturated rings. The SMILES string of the molecule is CCCOc1cccc(C(Cl)Cc2ccccc2OC)c1. The first-order chi connectivity index (χ1) is 10.2. The van der Waals surface area contributed by atoms with Gasteiger partial charge in [-0.3, -0.25) is 0 Å². The van der Waals surface area contributed by atoms with Crippen molar-refractivity contribution in [2.75, 3.05) is 13.7 Å². The van der Waals surface area contributed by atoms with Crippen LogP contribution < -0.4 is 9.47 Å². The summed E-state index contributed by atoms with van der Waals surface area (Å²) in [6, 6.07) is 16.0. The van der Waals surface area contributed by atoms with Crippen LogP contribution in [-0.2, 0) is 6.42 Å². The van der Waals surface area contributed by atoms with Crippen LogP contribution in [0.15, 0.2) is 48.5 Å². The molecule has 0 bridgehead atoms. The van der Waals surface area contributed by atoms with Crippen LogP contribution in [0.4, 0.5) is 0 Å². The van der Waals surface area contributed by atoms with Crippen LogP contribution in [0.5, 0.6) is 11.5 Å². The van der Waals surface area contributed by atoms with Gasteiger partial charge in [0.2, 0.25) is 0 Å². The molecule has 0 aliphatic heterocycles. The van der Waals surface area contributed by atoms with Crippen molar-refractivity contribution in [3.63, 3.8) is 0 Å². The molecule has 0 amide bonds. The van der Waals surface area contributed by atoms with Crippen LogP contribution in [0.1, 0.15) is 29.8 Å². The molecule has 1 atom stereocenters. The van der Waals surface area contributed by atoms with Gasteiger partial charge < -0.3 is 9.47 Å². The Bertz CT molecular complexity index is 569. The van der Waals surface area contributed by atoms with Gasteiger partial charge in [-0.05, 0) is 42.2 Å². The highest BCUT2D eigenvalue weighted by Crippen LogP contribution is 2.30. The maximum atomic E-state index is 6.56. The Morgan fingerprint density at radius 2 is 1.90 bits per heavy atom. The van der Waals surface area contributed by atoms with Gasteiger partial charge >= 0.3 is 0 Å². The van der Waals surface area contributed by atoms with E-state index in [-0.39, 0.29) is 5.38 Å². The number of halogens is 1. The molecule has 3 heteroatoms. The topological polar surface area (TPSA) is 18.5 Å². The molecule has 2 nitrogen and oxygen atoms in total. The van der Waals surface area contributed by atoms with E-state index < -0.39 is 0 Å². The van der Waals surface area contributed by atoms with Crippen molar-refractivity contribution in [2.24, 2.45) is 0 Å². The van der Waals surface area contributed by atoms with Crippen LogP contribution in [0.25, 0.3) is 0 Å². The Kier molecular flexibility index (Phi) is 5.94. The number of alkyl halides is 1. The molecule has 0 N–H and O–H groups in total. The molecule has 0 aliphatic rings. The molecule has 2 rings (SSSR count). The number of hydrogen-bond acceptors (Lipinski definition) is 2. The zero-order valence-electron chi connectivity index (χ0n) is 12.5. The fraction of sp³-hybridized carbons (Fsp3) is 0.333. The Hall–Kier alpha value is -1.67. The van der Waals surface area contributed by atoms with E-state index in [1.54, 1.807) is 7.11 Å². The number of para-hydroxylation sites is 1. The summed E-state index contributed by atoms with van der Waals surface area (Å²) in [7, 11) is 1.68. The first-order valence-corrected chi connectivity index (χ1v) is 7.67. The van der Waals surface area contributed by atoms with Crippen LogP contribution >= 0.6 is 11.6 Å². The lowest BCUT2D eigenvalue weighted by Gasteiger charge is -2.14. The lowest BCUT2D eigenvalue weighted by atomic mass is 10.0. The first kappa shape index (κ1) is 15.7. The molecular formula is C18H21ClO2. The van der Waals surface area contributed by atoms with E-state index in [2.05, 4.69) is 6.92 Å². The van der Waals surface area contributed by atoms with Gasteiger partial charge in [-0.15, -0.1) is 11.6 Å². The molecule has 0 heterocycles. The molecule has 0 saturated heterocycles. The summed E-state index contributed by atoms with van der Waals surface area (Å²) in [5.74, 6) is 1.75. The summed E-state index contributed by atoms with van der Waals surface area (Å²) in [4.78, 5) is 0. The van der Waals surface area contributed by atoms with Crippen LogP contribution in [0, 0.1) is 0 Å².